The summed E-state index contributed by atoms with van der Waals surface area (Å²) < 4.78 is 5.29. The summed E-state index contributed by atoms with van der Waals surface area (Å²) in [7, 11) is 0. The van der Waals surface area contributed by atoms with Gasteiger partial charge >= 0.3 is 5.97 Å². The van der Waals surface area contributed by atoms with E-state index in [1.807, 2.05) is 19.9 Å². The third-order valence-corrected chi connectivity index (χ3v) is 3.69. The van der Waals surface area contributed by atoms with Crippen molar-refractivity contribution in [3.05, 3.63) is 35.5 Å². The molecule has 1 aliphatic heterocycles. The predicted octanol–water partition coefficient (Wildman–Crippen LogP) is 2.52. The molecule has 0 radical (unpaired) electrons. The highest BCUT2D eigenvalue weighted by atomic mass is 16.6. The number of carbonyl (C=O) groups is 1. The summed E-state index contributed by atoms with van der Waals surface area (Å²) in [5.74, 6) is -0.692. The molecule has 1 aliphatic carbocycles. The van der Waals surface area contributed by atoms with E-state index in [1.165, 1.54) is 5.57 Å². The number of esters is 1. The smallest absolute Gasteiger partial charge is 0.334 e. The molecular formula is C15H20O3. The maximum Gasteiger partial charge on any atom is 0.334 e. The van der Waals surface area contributed by atoms with E-state index >= 15 is 0 Å². The van der Waals surface area contributed by atoms with Gasteiger partial charge in [0.1, 0.15) is 6.10 Å². The normalized spacial score (nSPS) is 36.3. The summed E-state index contributed by atoms with van der Waals surface area (Å²) in [6.45, 7) is 7.81. The molecule has 0 unspecified atom stereocenters. The maximum atomic E-state index is 11.6. The van der Waals surface area contributed by atoms with Crippen molar-refractivity contribution in [3.63, 3.8) is 0 Å². The van der Waals surface area contributed by atoms with Gasteiger partial charge in [0.2, 0.25) is 0 Å². The van der Waals surface area contributed by atoms with Gasteiger partial charge in [0, 0.05) is 5.57 Å². The van der Waals surface area contributed by atoms with Crippen LogP contribution in [0.25, 0.3) is 0 Å². The third kappa shape index (κ3) is 2.56. The molecule has 0 bridgehead atoms. The second-order valence-electron chi connectivity index (χ2n) is 5.29. The van der Waals surface area contributed by atoms with Crippen LogP contribution in [0.5, 0.6) is 0 Å². The zero-order valence-electron chi connectivity index (χ0n) is 11.0. The predicted molar refractivity (Wildman–Crippen MR) is 69.9 cm³/mol. The lowest BCUT2D eigenvalue weighted by Gasteiger charge is -2.23. The van der Waals surface area contributed by atoms with Crippen LogP contribution in [0.15, 0.2) is 35.5 Å². The minimum atomic E-state index is -0.604. The number of aliphatic hydroxyl groups excluding tert-OH is 1. The van der Waals surface area contributed by atoms with Gasteiger partial charge in [0.15, 0.2) is 0 Å². The Balaban J connectivity index is 2.33. The van der Waals surface area contributed by atoms with Gasteiger partial charge in [-0.25, -0.2) is 4.79 Å². The van der Waals surface area contributed by atoms with Gasteiger partial charge in [-0.2, -0.15) is 0 Å². The molecule has 3 heteroatoms. The van der Waals surface area contributed by atoms with E-state index in [0.29, 0.717) is 12.0 Å². The van der Waals surface area contributed by atoms with E-state index in [-0.39, 0.29) is 18.0 Å². The van der Waals surface area contributed by atoms with Gasteiger partial charge < -0.3 is 9.84 Å². The average Bonchev–Trinajstić information content (AvgIpc) is 2.53. The van der Waals surface area contributed by atoms with E-state index in [9.17, 15) is 9.90 Å². The first-order valence-electron chi connectivity index (χ1n) is 6.40. The number of rotatable bonds is 0. The topological polar surface area (TPSA) is 46.5 Å². The van der Waals surface area contributed by atoms with Crippen LogP contribution in [-0.2, 0) is 9.53 Å². The van der Waals surface area contributed by atoms with E-state index in [2.05, 4.69) is 12.7 Å². The van der Waals surface area contributed by atoms with Gasteiger partial charge in [0.25, 0.3) is 0 Å². The fourth-order valence-electron chi connectivity index (χ4n) is 2.65. The summed E-state index contributed by atoms with van der Waals surface area (Å²) in [6, 6.07) is 0. The van der Waals surface area contributed by atoms with Crippen molar-refractivity contribution >= 4 is 5.97 Å². The highest BCUT2D eigenvalue weighted by Crippen LogP contribution is 2.34. The van der Waals surface area contributed by atoms with Gasteiger partial charge in [-0.05, 0) is 39.2 Å². The van der Waals surface area contributed by atoms with Crippen molar-refractivity contribution in [2.75, 3.05) is 0 Å². The minimum Gasteiger partial charge on any atom is -0.454 e. The Morgan fingerprint density at radius 3 is 2.83 bits per heavy atom. The quantitative estimate of drug-likeness (QED) is 0.407. The van der Waals surface area contributed by atoms with Crippen LogP contribution in [-0.4, -0.2) is 23.3 Å². The second-order valence-corrected chi connectivity index (χ2v) is 5.29. The van der Waals surface area contributed by atoms with Gasteiger partial charge in [-0.15, -0.1) is 0 Å². The molecule has 0 spiro atoms. The second kappa shape index (κ2) is 5.11. The van der Waals surface area contributed by atoms with Gasteiger partial charge in [0.05, 0.1) is 12.0 Å². The third-order valence-electron chi connectivity index (χ3n) is 3.69. The SMILES string of the molecule is C=C1C(=O)O[C@@H]2/C=C(\C)CCC=C(C)C[C@@H](O)[C@@H]12. The van der Waals surface area contributed by atoms with E-state index in [0.717, 1.165) is 18.4 Å². The van der Waals surface area contributed by atoms with Crippen molar-refractivity contribution in [2.45, 2.75) is 45.3 Å². The Hall–Kier alpha value is -1.35. The molecule has 0 amide bonds. The Bertz CT molecular complexity index is 431. The molecule has 2 aliphatic rings. The standard InChI is InChI=1S/C15H20O3/c1-9-5-4-6-10(2)8-13-14(12(16)7-9)11(3)15(17)18-13/h5,8,12-14,16H,3-4,6-7H2,1-2H3/b9-5?,10-8+/t12-,13-,14-/m1/s1. The minimum absolute atomic E-state index is 0.311. The largest absolute Gasteiger partial charge is 0.454 e. The molecular weight excluding hydrogens is 228 g/mol. The van der Waals surface area contributed by atoms with E-state index in [1.54, 1.807) is 0 Å². The van der Waals surface area contributed by atoms with Crippen molar-refractivity contribution in [3.8, 4) is 0 Å². The molecule has 0 saturated carbocycles. The Morgan fingerprint density at radius 2 is 2.11 bits per heavy atom. The summed E-state index contributed by atoms with van der Waals surface area (Å²) in [4.78, 5) is 11.6. The fraction of sp³-hybridized carbons (Fsp3) is 0.533. The molecule has 18 heavy (non-hydrogen) atoms. The van der Waals surface area contributed by atoms with Gasteiger partial charge in [-0.3, -0.25) is 0 Å². The summed E-state index contributed by atoms with van der Waals surface area (Å²) in [5.41, 5.74) is 2.73. The van der Waals surface area contributed by atoms with Crippen LogP contribution in [0.1, 0.15) is 33.1 Å². The molecule has 1 heterocycles. The molecule has 3 nitrogen and oxygen atoms in total. The number of hydrogen-bond donors (Lipinski definition) is 1. The molecule has 98 valence electrons. The molecule has 0 aromatic carbocycles. The van der Waals surface area contributed by atoms with Gasteiger partial charge in [-0.1, -0.05) is 23.8 Å². The number of aliphatic hydroxyl groups is 1. The average molecular weight is 248 g/mol. The van der Waals surface area contributed by atoms with E-state index in [4.69, 9.17) is 4.74 Å². The summed E-state index contributed by atoms with van der Waals surface area (Å²) in [5, 5.41) is 10.3. The van der Waals surface area contributed by atoms with Crippen LogP contribution in [0.4, 0.5) is 0 Å². The Labute approximate surface area is 108 Å². The number of carbonyl (C=O) groups excluding carboxylic acids is 1. The van der Waals surface area contributed by atoms with Crippen LogP contribution in [0.2, 0.25) is 0 Å². The monoisotopic (exact) mass is 248 g/mol. The highest BCUT2D eigenvalue weighted by Gasteiger charge is 2.41. The Kier molecular flexibility index (Phi) is 3.71. The zero-order chi connectivity index (χ0) is 13.3. The molecule has 1 fully saturated rings. The van der Waals surface area contributed by atoms with Crippen LogP contribution >= 0.6 is 0 Å². The molecule has 1 saturated heterocycles. The first-order valence-corrected chi connectivity index (χ1v) is 6.40. The van der Waals surface area contributed by atoms with Crippen LogP contribution in [0.3, 0.4) is 0 Å². The first kappa shape index (κ1) is 13.1. The van der Waals surface area contributed by atoms with Crippen molar-refractivity contribution < 1.29 is 14.6 Å². The number of fused-ring (bicyclic) bond motifs is 1. The maximum absolute atomic E-state index is 11.6. The molecule has 2 rings (SSSR count). The molecule has 1 N–H and O–H groups in total. The number of allylic oxidation sites excluding steroid dienone is 2. The highest BCUT2D eigenvalue weighted by molar-refractivity contribution is 5.91. The number of hydrogen-bond acceptors (Lipinski definition) is 3. The van der Waals surface area contributed by atoms with Crippen LogP contribution in [0, 0.1) is 5.92 Å². The molecule has 0 aromatic heterocycles. The van der Waals surface area contributed by atoms with Crippen molar-refractivity contribution in [1.29, 1.82) is 0 Å². The van der Waals surface area contributed by atoms with Crippen LogP contribution < -0.4 is 0 Å². The summed E-state index contributed by atoms with van der Waals surface area (Å²) in [6.07, 6.45) is 5.65. The summed E-state index contributed by atoms with van der Waals surface area (Å²) >= 11 is 0. The zero-order valence-corrected chi connectivity index (χ0v) is 11.0. The molecule has 0 aromatic rings. The lowest BCUT2D eigenvalue weighted by atomic mass is 9.86. The molecule has 3 atom stereocenters. The first-order chi connectivity index (χ1) is 8.49. The van der Waals surface area contributed by atoms with Crippen molar-refractivity contribution in [1.82, 2.24) is 0 Å². The Morgan fingerprint density at radius 1 is 1.39 bits per heavy atom. The lowest BCUT2D eigenvalue weighted by molar-refractivity contribution is -0.137. The van der Waals surface area contributed by atoms with Crippen molar-refractivity contribution in [2.24, 2.45) is 5.92 Å². The number of ether oxygens (including phenoxy) is 1. The van der Waals surface area contributed by atoms with E-state index < -0.39 is 6.10 Å². The fourth-order valence-corrected chi connectivity index (χ4v) is 2.65. The lowest BCUT2D eigenvalue weighted by Crippen LogP contribution is -2.28.